The zero-order valence-corrected chi connectivity index (χ0v) is 33.9. The Morgan fingerprint density at radius 1 is 0.793 bits per heavy atom. The highest BCUT2D eigenvalue weighted by atomic mass is 16.5. The van der Waals surface area contributed by atoms with Gasteiger partial charge < -0.3 is 30.2 Å². The molecule has 5 aromatic rings. The van der Waals surface area contributed by atoms with Crippen molar-refractivity contribution in [1.29, 1.82) is 0 Å². The molecule has 0 radical (unpaired) electrons. The van der Waals surface area contributed by atoms with Crippen molar-refractivity contribution in [1.82, 2.24) is 40.5 Å². The number of aromatic amines is 2. The molecule has 1 aliphatic heterocycles. The van der Waals surface area contributed by atoms with Crippen LogP contribution in [0.2, 0.25) is 0 Å². The normalized spacial score (nSPS) is 22.9. The maximum Gasteiger partial charge on any atom is 0.248 e. The molecule has 3 fully saturated rings. The lowest BCUT2D eigenvalue weighted by molar-refractivity contribution is -0.140. The topological polar surface area (TPSA) is 158 Å². The quantitative estimate of drug-likeness (QED) is 0.0971. The summed E-state index contributed by atoms with van der Waals surface area (Å²) in [5.41, 5.74) is 7.08. The van der Waals surface area contributed by atoms with Gasteiger partial charge in [-0.15, -0.1) is 0 Å². The van der Waals surface area contributed by atoms with Crippen molar-refractivity contribution in [2.45, 2.75) is 89.9 Å². The number of pyridine rings is 1. The highest BCUT2D eigenvalue weighted by Gasteiger charge is 2.52. The van der Waals surface area contributed by atoms with E-state index in [9.17, 15) is 14.4 Å². The largest absolute Gasteiger partial charge is 0.379 e. The molecule has 3 amide bonds. The fourth-order valence-corrected chi connectivity index (χ4v) is 9.72. The molecule has 2 aliphatic carbocycles. The Labute approximate surface area is 340 Å². The van der Waals surface area contributed by atoms with Gasteiger partial charge in [0.25, 0.3) is 0 Å². The lowest BCUT2D eigenvalue weighted by Gasteiger charge is -2.31. The van der Waals surface area contributed by atoms with E-state index < -0.39 is 12.1 Å². The van der Waals surface area contributed by atoms with E-state index in [0.717, 1.165) is 83.0 Å². The number of imidazole rings is 2. The minimum Gasteiger partial charge on any atom is -0.379 e. The molecule has 4 N–H and O–H groups in total. The first-order valence-corrected chi connectivity index (χ1v) is 20.7. The summed E-state index contributed by atoms with van der Waals surface area (Å²) in [6, 6.07) is 19.8. The predicted octanol–water partition coefficient (Wildman–Crippen LogP) is 7.38. The van der Waals surface area contributed by atoms with Gasteiger partial charge in [0.2, 0.25) is 17.7 Å². The summed E-state index contributed by atoms with van der Waals surface area (Å²) in [5, 5.41) is 6.18. The fraction of sp³-hybridized carbons (Fsp3) is 0.435. The van der Waals surface area contributed by atoms with Crippen molar-refractivity contribution in [2.75, 3.05) is 13.7 Å². The van der Waals surface area contributed by atoms with E-state index in [2.05, 4.69) is 88.0 Å². The third-order valence-corrected chi connectivity index (χ3v) is 12.8. The number of nitrogens with one attached hydrogen (secondary N) is 4. The van der Waals surface area contributed by atoms with Crippen molar-refractivity contribution in [2.24, 2.45) is 23.7 Å². The van der Waals surface area contributed by atoms with Crippen LogP contribution in [0.25, 0.3) is 33.6 Å². The highest BCUT2D eigenvalue weighted by molar-refractivity contribution is 5.88. The number of benzene rings is 2. The number of H-pyrrole nitrogens is 2. The molecule has 4 heterocycles. The van der Waals surface area contributed by atoms with E-state index in [0.29, 0.717) is 18.4 Å². The van der Waals surface area contributed by atoms with Gasteiger partial charge in [-0.3, -0.25) is 19.4 Å². The van der Waals surface area contributed by atoms with Crippen LogP contribution in [0.3, 0.4) is 0 Å². The average Bonchev–Trinajstić information content (AvgIpc) is 4.10. The first kappa shape index (κ1) is 39.2. The Bertz CT molecular complexity index is 2220. The lowest BCUT2D eigenvalue weighted by Crippen LogP contribution is -2.53. The summed E-state index contributed by atoms with van der Waals surface area (Å²) >= 11 is 0. The van der Waals surface area contributed by atoms with Crippen LogP contribution >= 0.6 is 0 Å². The minimum atomic E-state index is -0.766. The molecule has 0 spiro atoms. The number of nitrogens with zero attached hydrogens (tertiary/aromatic N) is 4. The Morgan fingerprint density at radius 2 is 1.41 bits per heavy atom. The third-order valence-electron chi connectivity index (χ3n) is 12.8. The second-order valence-electron chi connectivity index (χ2n) is 16.7. The van der Waals surface area contributed by atoms with Crippen LogP contribution in [0.15, 0.2) is 85.5 Å². The summed E-state index contributed by atoms with van der Waals surface area (Å²) < 4.78 is 5.42. The van der Waals surface area contributed by atoms with Crippen LogP contribution in [-0.2, 0) is 19.1 Å². The fourth-order valence-electron chi connectivity index (χ4n) is 9.72. The van der Waals surface area contributed by atoms with E-state index in [1.54, 1.807) is 18.0 Å². The number of aromatic nitrogens is 5. The molecule has 1 saturated heterocycles. The van der Waals surface area contributed by atoms with Crippen LogP contribution in [0.5, 0.6) is 0 Å². The smallest absolute Gasteiger partial charge is 0.248 e. The zero-order valence-electron chi connectivity index (χ0n) is 33.9. The predicted molar refractivity (Wildman–Crippen MR) is 222 cm³/mol. The third kappa shape index (κ3) is 7.81. The zero-order chi connectivity index (χ0) is 40.5. The van der Waals surface area contributed by atoms with Gasteiger partial charge in [-0.2, -0.15) is 0 Å². The van der Waals surface area contributed by atoms with Crippen molar-refractivity contribution >= 4 is 17.7 Å². The monoisotopic (exact) mass is 782 g/mol. The molecule has 2 aromatic carbocycles. The minimum absolute atomic E-state index is 0.0738. The van der Waals surface area contributed by atoms with Gasteiger partial charge in [-0.05, 0) is 90.7 Å². The van der Waals surface area contributed by atoms with Gasteiger partial charge in [-0.1, -0.05) is 68.4 Å². The number of amides is 3. The first-order valence-electron chi connectivity index (χ1n) is 20.7. The number of hydrogen-bond acceptors (Lipinski definition) is 7. The average molecular weight is 783 g/mol. The summed E-state index contributed by atoms with van der Waals surface area (Å²) in [6.45, 7) is 8.07. The van der Waals surface area contributed by atoms with Crippen molar-refractivity contribution in [3.05, 3.63) is 103 Å². The van der Waals surface area contributed by atoms with E-state index in [-0.39, 0.29) is 47.6 Å². The Balaban J connectivity index is 0.930. The van der Waals surface area contributed by atoms with Gasteiger partial charge in [0.05, 0.1) is 47.9 Å². The second kappa shape index (κ2) is 16.7. The molecule has 58 heavy (non-hydrogen) atoms. The Morgan fingerprint density at radius 3 is 2.02 bits per heavy atom. The number of likely N-dealkylation sites (tertiary alicyclic amines) is 1. The molecule has 4 unspecified atom stereocenters. The molecule has 2 bridgehead atoms. The summed E-state index contributed by atoms with van der Waals surface area (Å²) in [6.07, 6.45) is 11.8. The SMILES string of the molecule is CO[C@H](C)[C@H](NC(C)=O)C(=O)N1CCC[C@H]1c1ncc(-c2ccc(-c3ccc(-c4cnc(C5C6CCC(C6)C5C(=O)N[C@H](c5cccnc5)C(C)C)[nH]4)cc3)cc2)[nH]1. The van der Waals surface area contributed by atoms with Crippen LogP contribution in [0, 0.1) is 23.7 Å². The maximum absolute atomic E-state index is 14.0. The van der Waals surface area contributed by atoms with E-state index in [1.165, 1.54) is 14.0 Å². The number of rotatable bonds is 13. The number of fused-ring (bicyclic) bond motifs is 2. The number of carbonyl (C=O) groups is 3. The van der Waals surface area contributed by atoms with Gasteiger partial charge in [0.1, 0.15) is 17.7 Å². The van der Waals surface area contributed by atoms with Gasteiger partial charge in [0.15, 0.2) is 0 Å². The van der Waals surface area contributed by atoms with Crippen LogP contribution in [0.4, 0.5) is 0 Å². The number of methoxy groups -OCH3 is 1. The van der Waals surface area contributed by atoms with Crippen molar-refractivity contribution < 1.29 is 19.1 Å². The first-order chi connectivity index (χ1) is 28.1. The molecule has 12 nitrogen and oxygen atoms in total. The molecule has 3 aliphatic rings. The number of carbonyl (C=O) groups excluding carboxylic acids is 3. The van der Waals surface area contributed by atoms with E-state index in [4.69, 9.17) is 14.7 Å². The summed E-state index contributed by atoms with van der Waals surface area (Å²) in [4.78, 5) is 62.3. The van der Waals surface area contributed by atoms with Crippen LogP contribution < -0.4 is 10.6 Å². The lowest BCUT2D eigenvalue weighted by atomic mass is 9.78. The standard InChI is InChI=1S/C46H54N8O4/c1-26(2)41(35-8-6-20-47-23-35)53-45(56)40-34-19-18-33(22-34)39(40)44-49-25-37(52-44)32-16-12-30(13-17-32)29-10-14-31(15-11-29)36-24-48-43(51-36)38-9-7-21-54(38)46(57)42(27(3)58-5)50-28(4)55/h6,8,10-17,20,23-27,33-34,38-42H,7,9,18-19,21-22H2,1-5H3,(H,48,51)(H,49,52)(H,50,55)(H,53,56)/t27-,33?,34?,38+,39?,40?,41+,42+/m1/s1. The summed E-state index contributed by atoms with van der Waals surface area (Å²) in [7, 11) is 1.54. The molecule has 3 aromatic heterocycles. The highest BCUT2D eigenvalue weighted by Crippen LogP contribution is 2.56. The molecule has 302 valence electrons. The molecule has 8 atom stereocenters. The Kier molecular flexibility index (Phi) is 11.3. The van der Waals surface area contributed by atoms with Crippen LogP contribution in [-0.4, -0.2) is 73.3 Å². The van der Waals surface area contributed by atoms with Crippen LogP contribution in [0.1, 0.15) is 95.0 Å². The number of hydrogen-bond donors (Lipinski definition) is 4. The second-order valence-corrected chi connectivity index (χ2v) is 16.7. The molecular formula is C46H54N8O4. The van der Waals surface area contributed by atoms with E-state index in [1.807, 2.05) is 30.7 Å². The van der Waals surface area contributed by atoms with Gasteiger partial charge in [-0.25, -0.2) is 9.97 Å². The summed E-state index contributed by atoms with van der Waals surface area (Å²) in [5.74, 6) is 2.36. The Hall–Kier alpha value is -5.62. The molecule has 2 saturated carbocycles. The molecule has 8 rings (SSSR count). The maximum atomic E-state index is 14.0. The molecular weight excluding hydrogens is 729 g/mol. The molecule has 12 heteroatoms. The van der Waals surface area contributed by atoms with Gasteiger partial charge >= 0.3 is 0 Å². The van der Waals surface area contributed by atoms with Crippen molar-refractivity contribution in [3.8, 4) is 33.6 Å². The van der Waals surface area contributed by atoms with E-state index >= 15 is 0 Å². The van der Waals surface area contributed by atoms with Gasteiger partial charge in [0, 0.05) is 38.9 Å². The van der Waals surface area contributed by atoms with Crippen molar-refractivity contribution in [3.63, 3.8) is 0 Å². The number of ether oxygens (including phenoxy) is 1.